The lowest BCUT2D eigenvalue weighted by Crippen LogP contribution is -2.23. The van der Waals surface area contributed by atoms with Crippen molar-refractivity contribution in [2.75, 3.05) is 23.0 Å². The normalized spacial score (nSPS) is 11.5. The minimum Gasteiger partial charge on any atom is -0.357 e. The van der Waals surface area contributed by atoms with Crippen LogP contribution in [-0.2, 0) is 19.8 Å². The Bertz CT molecular complexity index is 1530. The third-order valence-electron chi connectivity index (χ3n) is 5.30. The van der Waals surface area contributed by atoms with E-state index in [1.165, 1.54) is 23.7 Å². The van der Waals surface area contributed by atoms with Crippen molar-refractivity contribution in [1.82, 2.24) is 24.3 Å². The van der Waals surface area contributed by atoms with Gasteiger partial charge >= 0.3 is 12.2 Å². The number of alkyl halides is 3. The van der Waals surface area contributed by atoms with E-state index in [1.54, 1.807) is 26.2 Å². The fourth-order valence-electron chi connectivity index (χ4n) is 3.56. The number of pyridine rings is 1. The van der Waals surface area contributed by atoms with Gasteiger partial charge in [0.1, 0.15) is 17.3 Å². The Morgan fingerprint density at radius 3 is 2.53 bits per heavy atom. The van der Waals surface area contributed by atoms with Crippen molar-refractivity contribution < 1.29 is 22.4 Å². The van der Waals surface area contributed by atoms with Crippen LogP contribution in [0.15, 0.2) is 41.3 Å². The molecule has 0 fully saturated rings. The number of fused-ring (bicyclic) bond motifs is 1. The van der Waals surface area contributed by atoms with Crippen LogP contribution in [0.1, 0.15) is 12.6 Å². The minimum absolute atomic E-state index is 0.218. The Labute approximate surface area is 201 Å². The fourth-order valence-corrected chi connectivity index (χ4v) is 3.56. The molecule has 3 N–H and O–H groups in total. The van der Waals surface area contributed by atoms with E-state index >= 15 is 0 Å². The molecular weight excluding hydrogens is 484 g/mol. The number of amides is 2. The lowest BCUT2D eigenvalue weighted by Gasteiger charge is -2.13. The van der Waals surface area contributed by atoms with Crippen molar-refractivity contribution >= 4 is 34.5 Å². The average molecular weight is 504 g/mol. The number of rotatable bonds is 5. The molecule has 0 aliphatic carbocycles. The van der Waals surface area contributed by atoms with Crippen LogP contribution in [0.5, 0.6) is 0 Å². The van der Waals surface area contributed by atoms with Gasteiger partial charge in [-0.15, -0.1) is 0 Å². The van der Waals surface area contributed by atoms with Gasteiger partial charge in [0.05, 0.1) is 5.69 Å². The van der Waals surface area contributed by atoms with Gasteiger partial charge in [0.15, 0.2) is 5.69 Å². The predicted molar refractivity (Wildman–Crippen MR) is 125 cm³/mol. The molecule has 14 heteroatoms. The topological polar surface area (TPSA) is 119 Å². The Hall–Kier alpha value is -4.49. The standard InChI is InChI=1S/C22H20F4N8O2/c1-4-34-18-12(10-28-20(27-2)31-18)7-13(19(34)35)11-5-6-14(23)15(8-11)29-21(36)30-17-9-16(22(24,25)26)32-33(17)3/h5-10H,4H2,1-3H3,(H,27,28,31)(H2,29,30,36). The molecular formula is C22H20F4N8O2. The van der Waals surface area contributed by atoms with Crippen LogP contribution >= 0.6 is 0 Å². The summed E-state index contributed by atoms with van der Waals surface area (Å²) in [5.74, 6) is -0.724. The molecule has 0 atom stereocenters. The van der Waals surface area contributed by atoms with E-state index in [1.807, 2.05) is 0 Å². The van der Waals surface area contributed by atoms with E-state index in [-0.39, 0.29) is 22.6 Å². The maximum absolute atomic E-state index is 14.5. The van der Waals surface area contributed by atoms with Crippen LogP contribution in [-0.4, -0.2) is 37.4 Å². The van der Waals surface area contributed by atoms with E-state index in [2.05, 4.69) is 31.0 Å². The van der Waals surface area contributed by atoms with Gasteiger partial charge in [0, 0.05) is 43.9 Å². The highest BCUT2D eigenvalue weighted by Crippen LogP contribution is 2.30. The summed E-state index contributed by atoms with van der Waals surface area (Å²) in [6.07, 6.45) is -3.15. The zero-order valence-electron chi connectivity index (χ0n) is 19.2. The van der Waals surface area contributed by atoms with Crippen LogP contribution in [0.2, 0.25) is 0 Å². The van der Waals surface area contributed by atoms with Gasteiger partial charge in [-0.05, 0) is 30.7 Å². The van der Waals surface area contributed by atoms with E-state index in [4.69, 9.17) is 0 Å². The third kappa shape index (κ3) is 4.69. The average Bonchev–Trinajstić information content (AvgIpc) is 3.20. The minimum atomic E-state index is -4.69. The molecule has 0 spiro atoms. The Balaban J connectivity index is 1.66. The van der Waals surface area contributed by atoms with E-state index < -0.39 is 23.7 Å². The lowest BCUT2D eigenvalue weighted by atomic mass is 10.0. The zero-order chi connectivity index (χ0) is 26.2. The van der Waals surface area contributed by atoms with Gasteiger partial charge < -0.3 is 10.6 Å². The lowest BCUT2D eigenvalue weighted by molar-refractivity contribution is -0.141. The highest BCUT2D eigenvalue weighted by molar-refractivity contribution is 5.99. The van der Waals surface area contributed by atoms with Crippen molar-refractivity contribution in [2.24, 2.45) is 7.05 Å². The van der Waals surface area contributed by atoms with Gasteiger partial charge in [0.25, 0.3) is 5.56 Å². The number of hydrogen-bond donors (Lipinski definition) is 3. The molecule has 0 bridgehead atoms. The van der Waals surface area contributed by atoms with Crippen LogP contribution in [0, 0.1) is 5.82 Å². The van der Waals surface area contributed by atoms with Gasteiger partial charge in [-0.25, -0.2) is 14.2 Å². The number of halogens is 4. The number of carbonyl (C=O) groups excluding carboxylic acids is 1. The van der Waals surface area contributed by atoms with Crippen molar-refractivity contribution in [3.8, 4) is 11.1 Å². The van der Waals surface area contributed by atoms with Crippen LogP contribution in [0.3, 0.4) is 0 Å². The molecule has 2 amide bonds. The molecule has 3 aromatic heterocycles. The molecule has 0 radical (unpaired) electrons. The molecule has 3 heterocycles. The second-order valence-corrected chi connectivity index (χ2v) is 7.64. The fraction of sp³-hybridized carbons (Fsp3) is 0.227. The van der Waals surface area contributed by atoms with Crippen LogP contribution in [0.25, 0.3) is 22.2 Å². The molecule has 0 saturated heterocycles. The summed E-state index contributed by atoms with van der Waals surface area (Å²) in [6, 6.07) is 4.91. The highest BCUT2D eigenvalue weighted by atomic mass is 19.4. The summed E-state index contributed by atoms with van der Waals surface area (Å²) in [6.45, 7) is 2.08. The largest absolute Gasteiger partial charge is 0.435 e. The third-order valence-corrected chi connectivity index (χ3v) is 5.30. The molecule has 4 aromatic rings. The Morgan fingerprint density at radius 2 is 1.89 bits per heavy atom. The molecule has 0 aliphatic heterocycles. The van der Waals surface area contributed by atoms with Crippen molar-refractivity contribution in [2.45, 2.75) is 19.6 Å². The van der Waals surface area contributed by atoms with Gasteiger partial charge in [-0.3, -0.25) is 19.4 Å². The summed E-state index contributed by atoms with van der Waals surface area (Å²) < 4.78 is 55.3. The number of urea groups is 1. The second kappa shape index (κ2) is 9.28. The van der Waals surface area contributed by atoms with E-state index in [9.17, 15) is 27.2 Å². The first-order chi connectivity index (χ1) is 17.0. The number of carbonyl (C=O) groups is 1. The predicted octanol–water partition coefficient (Wildman–Crippen LogP) is 4.06. The first-order valence-electron chi connectivity index (χ1n) is 10.6. The summed E-state index contributed by atoms with van der Waals surface area (Å²) in [4.78, 5) is 34.1. The Morgan fingerprint density at radius 1 is 1.14 bits per heavy atom. The maximum atomic E-state index is 14.5. The molecule has 4 rings (SSSR count). The summed E-state index contributed by atoms with van der Waals surface area (Å²) in [7, 11) is 2.87. The van der Waals surface area contributed by atoms with Crippen LogP contribution < -0.4 is 21.5 Å². The van der Waals surface area contributed by atoms with Gasteiger partial charge in [-0.2, -0.15) is 23.3 Å². The zero-order valence-corrected chi connectivity index (χ0v) is 19.2. The number of benzene rings is 1. The quantitative estimate of drug-likeness (QED) is 0.353. The molecule has 1 aromatic carbocycles. The maximum Gasteiger partial charge on any atom is 0.435 e. The molecule has 36 heavy (non-hydrogen) atoms. The summed E-state index contributed by atoms with van der Waals surface area (Å²) in [5.41, 5.74) is -0.925. The first-order valence-corrected chi connectivity index (χ1v) is 10.6. The molecule has 188 valence electrons. The Kier molecular flexibility index (Phi) is 6.35. The molecule has 0 saturated carbocycles. The van der Waals surface area contributed by atoms with E-state index in [0.29, 0.717) is 35.2 Å². The number of aryl methyl sites for hydroxylation is 2. The second-order valence-electron chi connectivity index (χ2n) is 7.64. The molecule has 0 aliphatic rings. The number of anilines is 3. The highest BCUT2D eigenvalue weighted by Gasteiger charge is 2.34. The monoisotopic (exact) mass is 504 g/mol. The van der Waals surface area contributed by atoms with Crippen molar-refractivity contribution in [1.29, 1.82) is 0 Å². The molecule has 10 nitrogen and oxygen atoms in total. The SMILES string of the molecule is CCn1c(=O)c(-c2ccc(F)c(NC(=O)Nc3cc(C(F)(F)F)nn3C)c2)cc2cnc(NC)nc21. The number of nitrogens with one attached hydrogen (secondary N) is 3. The van der Waals surface area contributed by atoms with E-state index in [0.717, 1.165) is 10.7 Å². The molecule has 0 unspecified atom stereocenters. The first kappa shape index (κ1) is 24.6. The van der Waals surface area contributed by atoms with Crippen molar-refractivity contribution in [3.05, 3.63) is 58.4 Å². The summed E-state index contributed by atoms with van der Waals surface area (Å²) in [5, 5.41) is 11.1. The van der Waals surface area contributed by atoms with Gasteiger partial charge in [0.2, 0.25) is 5.95 Å². The van der Waals surface area contributed by atoms with Crippen molar-refractivity contribution in [3.63, 3.8) is 0 Å². The van der Waals surface area contributed by atoms with Gasteiger partial charge in [-0.1, -0.05) is 6.07 Å². The number of hydrogen-bond acceptors (Lipinski definition) is 6. The summed E-state index contributed by atoms with van der Waals surface area (Å²) >= 11 is 0. The number of nitrogens with zero attached hydrogens (tertiary/aromatic N) is 5. The van der Waals surface area contributed by atoms with Crippen LogP contribution in [0.4, 0.5) is 39.8 Å². The smallest absolute Gasteiger partial charge is 0.357 e. The number of aromatic nitrogens is 5.